The lowest BCUT2D eigenvalue weighted by Crippen LogP contribution is -2.38. The normalized spacial score (nSPS) is 11.5. The Kier molecular flexibility index (Phi) is 6.41. The molecule has 0 aliphatic carbocycles. The van der Waals surface area contributed by atoms with Crippen molar-refractivity contribution >= 4 is 21.6 Å². The van der Waals surface area contributed by atoms with Crippen LogP contribution in [0.2, 0.25) is 0 Å². The van der Waals surface area contributed by atoms with Gasteiger partial charge in [-0.3, -0.25) is 9.10 Å². The minimum absolute atomic E-state index is 0.0520. The number of benzene rings is 1. The van der Waals surface area contributed by atoms with Gasteiger partial charge in [0.25, 0.3) is 0 Å². The zero-order valence-electron chi connectivity index (χ0n) is 14.0. The Morgan fingerprint density at radius 3 is 2.18 bits per heavy atom. The Morgan fingerprint density at radius 1 is 1.18 bits per heavy atom. The van der Waals surface area contributed by atoms with Crippen molar-refractivity contribution in [2.45, 2.75) is 34.1 Å². The molecule has 0 aliphatic rings. The van der Waals surface area contributed by atoms with E-state index in [4.69, 9.17) is 0 Å². The van der Waals surface area contributed by atoms with Gasteiger partial charge < -0.3 is 5.32 Å². The van der Waals surface area contributed by atoms with Crippen LogP contribution < -0.4 is 9.62 Å². The second kappa shape index (κ2) is 7.63. The zero-order valence-corrected chi connectivity index (χ0v) is 14.8. The van der Waals surface area contributed by atoms with Crippen LogP contribution in [0.4, 0.5) is 5.69 Å². The summed E-state index contributed by atoms with van der Waals surface area (Å²) in [6.45, 7) is 8.33. The molecule has 1 rings (SSSR count). The zero-order chi connectivity index (χ0) is 16.9. The van der Waals surface area contributed by atoms with Gasteiger partial charge in [0.2, 0.25) is 15.9 Å². The first-order valence-electron chi connectivity index (χ1n) is 7.42. The summed E-state index contributed by atoms with van der Waals surface area (Å²) in [7, 11) is -3.39. The number of amides is 1. The maximum atomic E-state index is 12.0. The molecule has 0 fully saturated rings. The fourth-order valence-corrected chi connectivity index (χ4v) is 3.23. The van der Waals surface area contributed by atoms with Crippen LogP contribution in [-0.4, -0.2) is 33.7 Å². The summed E-state index contributed by atoms with van der Waals surface area (Å²) in [5.74, 6) is 0.231. The number of carbonyl (C=O) groups is 1. The fraction of sp³-hybridized carbons (Fsp3) is 0.562. The van der Waals surface area contributed by atoms with Gasteiger partial charge in [0.1, 0.15) is 0 Å². The second-order valence-electron chi connectivity index (χ2n) is 6.13. The number of sulfonamides is 1. The maximum Gasteiger partial charge on any atom is 0.232 e. The Labute approximate surface area is 133 Å². The predicted octanol–water partition coefficient (Wildman–Crippen LogP) is 2.23. The largest absolute Gasteiger partial charge is 0.354 e. The third-order valence-electron chi connectivity index (χ3n) is 3.13. The van der Waals surface area contributed by atoms with E-state index >= 15 is 0 Å². The van der Waals surface area contributed by atoms with Gasteiger partial charge in [-0.1, -0.05) is 19.9 Å². The molecule has 0 heterocycles. The number of carbonyl (C=O) groups excluding carboxylic acids is 1. The van der Waals surface area contributed by atoms with Gasteiger partial charge in [0.15, 0.2) is 0 Å². The first-order valence-corrected chi connectivity index (χ1v) is 9.27. The summed E-state index contributed by atoms with van der Waals surface area (Å²) in [4.78, 5) is 11.7. The molecule has 0 unspecified atom stereocenters. The fourth-order valence-electron chi connectivity index (χ4n) is 2.32. The quantitative estimate of drug-likeness (QED) is 0.835. The molecule has 1 amide bonds. The number of rotatable bonds is 7. The molecular formula is C16H26N2O3S. The van der Waals surface area contributed by atoms with Gasteiger partial charge >= 0.3 is 0 Å². The van der Waals surface area contributed by atoms with Crippen molar-refractivity contribution in [3.05, 3.63) is 29.3 Å². The maximum absolute atomic E-state index is 12.0. The molecule has 1 N–H and O–H groups in total. The summed E-state index contributed by atoms with van der Waals surface area (Å²) in [6, 6.07) is 5.67. The molecule has 6 heteroatoms. The minimum atomic E-state index is -3.39. The van der Waals surface area contributed by atoms with E-state index in [1.165, 1.54) is 10.6 Å². The summed E-state index contributed by atoms with van der Waals surface area (Å²) in [6.07, 6.45) is 1.63. The van der Waals surface area contributed by atoms with E-state index < -0.39 is 10.0 Å². The van der Waals surface area contributed by atoms with Crippen molar-refractivity contribution in [1.29, 1.82) is 0 Å². The number of nitrogens with one attached hydrogen (secondary N) is 1. The van der Waals surface area contributed by atoms with Gasteiger partial charge in [0.05, 0.1) is 18.5 Å². The van der Waals surface area contributed by atoms with E-state index in [2.05, 4.69) is 5.32 Å². The average Bonchev–Trinajstić information content (AvgIpc) is 2.30. The van der Waals surface area contributed by atoms with Crippen LogP contribution in [0.5, 0.6) is 0 Å². The summed E-state index contributed by atoms with van der Waals surface area (Å²) in [5, 5.41) is 2.77. The van der Waals surface area contributed by atoms with E-state index in [0.717, 1.165) is 11.1 Å². The lowest BCUT2D eigenvalue weighted by Gasteiger charge is -2.23. The molecule has 0 saturated heterocycles. The first-order chi connectivity index (χ1) is 10.1. The minimum Gasteiger partial charge on any atom is -0.354 e. The SMILES string of the molecule is Cc1cc(C)cc(N(CCNC(=O)CC(C)C)S(C)(=O)=O)c1. The molecule has 1 aromatic carbocycles. The van der Waals surface area contributed by atoms with Crippen molar-refractivity contribution < 1.29 is 13.2 Å². The molecule has 0 aromatic heterocycles. The molecule has 22 heavy (non-hydrogen) atoms. The summed E-state index contributed by atoms with van der Waals surface area (Å²) < 4.78 is 25.4. The van der Waals surface area contributed by atoms with Crippen molar-refractivity contribution in [3.63, 3.8) is 0 Å². The van der Waals surface area contributed by atoms with E-state index in [1.807, 2.05) is 45.9 Å². The average molecular weight is 326 g/mol. The highest BCUT2D eigenvalue weighted by atomic mass is 32.2. The Bertz CT molecular complexity index is 604. The number of hydrogen-bond acceptors (Lipinski definition) is 3. The predicted molar refractivity (Wildman–Crippen MR) is 90.6 cm³/mol. The van der Waals surface area contributed by atoms with Crippen molar-refractivity contribution in [2.75, 3.05) is 23.7 Å². The molecule has 1 aromatic rings. The molecule has 0 radical (unpaired) electrons. The summed E-state index contributed by atoms with van der Waals surface area (Å²) in [5.41, 5.74) is 2.65. The smallest absolute Gasteiger partial charge is 0.232 e. The summed E-state index contributed by atoms with van der Waals surface area (Å²) >= 11 is 0. The van der Waals surface area contributed by atoms with Gasteiger partial charge in [-0.25, -0.2) is 8.42 Å². The highest BCUT2D eigenvalue weighted by molar-refractivity contribution is 7.92. The first kappa shape index (κ1) is 18.5. The lowest BCUT2D eigenvalue weighted by atomic mass is 10.1. The van der Waals surface area contributed by atoms with Crippen LogP contribution in [0.3, 0.4) is 0 Å². The van der Waals surface area contributed by atoms with Gasteiger partial charge in [-0.05, 0) is 43.0 Å². The van der Waals surface area contributed by atoms with E-state index in [1.54, 1.807) is 0 Å². The van der Waals surface area contributed by atoms with Crippen LogP contribution in [0.25, 0.3) is 0 Å². The van der Waals surface area contributed by atoms with E-state index in [-0.39, 0.29) is 18.4 Å². The van der Waals surface area contributed by atoms with E-state index in [0.29, 0.717) is 18.7 Å². The Balaban J connectivity index is 2.81. The van der Waals surface area contributed by atoms with Crippen LogP contribution >= 0.6 is 0 Å². The van der Waals surface area contributed by atoms with Crippen LogP contribution in [0.15, 0.2) is 18.2 Å². The Hall–Kier alpha value is -1.56. The van der Waals surface area contributed by atoms with Crippen LogP contribution in [-0.2, 0) is 14.8 Å². The third-order valence-corrected chi connectivity index (χ3v) is 4.32. The molecule has 124 valence electrons. The third kappa shape index (κ3) is 6.05. The van der Waals surface area contributed by atoms with Gasteiger partial charge in [-0.15, -0.1) is 0 Å². The highest BCUT2D eigenvalue weighted by Gasteiger charge is 2.18. The topological polar surface area (TPSA) is 66.5 Å². The van der Waals surface area contributed by atoms with Crippen molar-refractivity contribution in [2.24, 2.45) is 5.92 Å². The number of aryl methyl sites for hydroxylation is 2. The Morgan fingerprint density at radius 2 is 1.73 bits per heavy atom. The molecule has 0 spiro atoms. The lowest BCUT2D eigenvalue weighted by molar-refractivity contribution is -0.121. The standard InChI is InChI=1S/C16H26N2O3S/c1-12(2)8-16(19)17-6-7-18(22(5,20)21)15-10-13(3)9-14(4)11-15/h9-12H,6-8H2,1-5H3,(H,17,19). The number of nitrogens with zero attached hydrogens (tertiary/aromatic N) is 1. The van der Waals surface area contributed by atoms with Crippen molar-refractivity contribution in [1.82, 2.24) is 5.32 Å². The molecule has 0 aliphatic heterocycles. The monoisotopic (exact) mass is 326 g/mol. The van der Waals surface area contributed by atoms with Crippen molar-refractivity contribution in [3.8, 4) is 0 Å². The molecule has 0 bridgehead atoms. The number of anilines is 1. The van der Waals surface area contributed by atoms with Crippen LogP contribution in [0, 0.1) is 19.8 Å². The highest BCUT2D eigenvalue weighted by Crippen LogP contribution is 2.20. The molecule has 0 atom stereocenters. The van der Waals surface area contributed by atoms with Gasteiger partial charge in [-0.2, -0.15) is 0 Å². The molecule has 0 saturated carbocycles. The van der Waals surface area contributed by atoms with Gasteiger partial charge in [0, 0.05) is 13.0 Å². The number of hydrogen-bond donors (Lipinski definition) is 1. The molecule has 5 nitrogen and oxygen atoms in total. The second-order valence-corrected chi connectivity index (χ2v) is 8.04. The van der Waals surface area contributed by atoms with E-state index in [9.17, 15) is 13.2 Å². The molecular weight excluding hydrogens is 300 g/mol. The van der Waals surface area contributed by atoms with Crippen LogP contribution in [0.1, 0.15) is 31.4 Å².